The summed E-state index contributed by atoms with van der Waals surface area (Å²) in [5, 5.41) is 0. The average Bonchev–Trinajstić information content (AvgIpc) is 1.85. The molecule has 0 aromatic heterocycles. The maximum absolute atomic E-state index is 2.26. The highest BCUT2D eigenvalue weighted by Crippen LogP contribution is 1.89. The second-order valence-electron chi connectivity index (χ2n) is 3.51. The van der Waals surface area contributed by atoms with Crippen LogP contribution in [0.1, 0.15) is 13.3 Å². The Labute approximate surface area is 76.3 Å². The summed E-state index contributed by atoms with van der Waals surface area (Å²) in [7, 11) is 10.4. The fraction of sp³-hybridized carbons (Fsp3) is 0.889. The van der Waals surface area contributed by atoms with Crippen molar-refractivity contribution in [3.05, 3.63) is 0 Å². The first-order valence-electron chi connectivity index (χ1n) is 4.43. The van der Waals surface area contributed by atoms with Gasteiger partial charge in [0.2, 0.25) is 0 Å². The normalized spacial score (nSPS) is 9.50. The van der Waals surface area contributed by atoms with Crippen LogP contribution in [0.15, 0.2) is 0 Å². The van der Waals surface area contributed by atoms with Crippen molar-refractivity contribution < 1.29 is 4.58 Å². The van der Waals surface area contributed by atoms with E-state index in [1.54, 1.807) is 0 Å². The van der Waals surface area contributed by atoms with Gasteiger partial charge in [-0.3, -0.25) is 14.4 Å². The summed E-state index contributed by atoms with van der Waals surface area (Å²) in [6.45, 7) is 3.30. The highest BCUT2D eigenvalue weighted by atomic mass is 15.4. The van der Waals surface area contributed by atoms with E-state index in [2.05, 4.69) is 56.5 Å². The van der Waals surface area contributed by atoms with Crippen molar-refractivity contribution in [2.45, 2.75) is 13.3 Å². The highest BCUT2D eigenvalue weighted by molar-refractivity contribution is 5.73. The summed E-state index contributed by atoms with van der Waals surface area (Å²) in [5.41, 5.74) is 0. The van der Waals surface area contributed by atoms with Gasteiger partial charge >= 0.3 is 5.96 Å². The van der Waals surface area contributed by atoms with E-state index in [-0.39, 0.29) is 0 Å². The third-order valence-corrected chi connectivity index (χ3v) is 1.70. The van der Waals surface area contributed by atoms with E-state index in [0.717, 1.165) is 6.54 Å². The lowest BCUT2D eigenvalue weighted by atomic mass is 10.5. The zero-order chi connectivity index (χ0) is 9.72. The Hall–Kier alpha value is -0.730. The highest BCUT2D eigenvalue weighted by Gasteiger charge is 2.14. The molecule has 72 valence electrons. The topological polar surface area (TPSA) is 9.49 Å². The zero-order valence-electron chi connectivity index (χ0n) is 9.26. The smallest absolute Gasteiger partial charge is 0.270 e. The molecule has 3 nitrogen and oxygen atoms in total. The van der Waals surface area contributed by atoms with Gasteiger partial charge in [-0.15, -0.1) is 0 Å². The van der Waals surface area contributed by atoms with Crippen LogP contribution >= 0.6 is 0 Å². The first-order chi connectivity index (χ1) is 5.50. The monoisotopic (exact) mass is 172 g/mol. The van der Waals surface area contributed by atoms with Crippen LogP contribution < -0.4 is 0 Å². The van der Waals surface area contributed by atoms with Gasteiger partial charge in [0.25, 0.3) is 0 Å². The van der Waals surface area contributed by atoms with Gasteiger partial charge in [0, 0.05) is 0 Å². The van der Waals surface area contributed by atoms with Gasteiger partial charge in [0.1, 0.15) is 0 Å². The van der Waals surface area contributed by atoms with E-state index >= 15 is 0 Å². The molecule has 0 atom stereocenters. The van der Waals surface area contributed by atoms with E-state index in [9.17, 15) is 0 Å². The van der Waals surface area contributed by atoms with Gasteiger partial charge < -0.3 is 0 Å². The Bertz CT molecular complexity index is 149. The minimum absolute atomic E-state index is 1.10. The molecule has 0 rings (SSSR count). The van der Waals surface area contributed by atoms with E-state index < -0.39 is 0 Å². The van der Waals surface area contributed by atoms with Crippen molar-refractivity contribution in [2.24, 2.45) is 0 Å². The second-order valence-corrected chi connectivity index (χ2v) is 3.51. The summed E-state index contributed by atoms with van der Waals surface area (Å²) in [6.07, 6.45) is 1.18. The Morgan fingerprint density at radius 1 is 1.08 bits per heavy atom. The van der Waals surface area contributed by atoms with Crippen LogP contribution in [0.2, 0.25) is 0 Å². The molecule has 0 aromatic carbocycles. The van der Waals surface area contributed by atoms with Crippen LogP contribution in [0.3, 0.4) is 0 Å². The molecule has 0 fully saturated rings. The maximum Gasteiger partial charge on any atom is 0.349 e. The largest absolute Gasteiger partial charge is 0.349 e. The van der Waals surface area contributed by atoms with Crippen LogP contribution in [0.4, 0.5) is 0 Å². The Morgan fingerprint density at radius 3 is 1.75 bits per heavy atom. The first kappa shape index (κ1) is 11.3. The summed E-state index contributed by atoms with van der Waals surface area (Å²) in [6, 6.07) is 0. The molecular formula is C9H22N3+. The molecule has 0 saturated heterocycles. The van der Waals surface area contributed by atoms with Crippen LogP contribution in [0.5, 0.6) is 0 Å². The zero-order valence-corrected chi connectivity index (χ0v) is 9.26. The number of hydrogen-bond donors (Lipinski definition) is 0. The lowest BCUT2D eigenvalue weighted by molar-refractivity contribution is -0.507. The number of hydrogen-bond acceptors (Lipinski definition) is 0. The lowest BCUT2D eigenvalue weighted by Gasteiger charge is -2.18. The number of rotatable bonds is 2. The summed E-state index contributed by atoms with van der Waals surface area (Å²) < 4.78 is 2.26. The minimum atomic E-state index is 1.10. The molecule has 0 unspecified atom stereocenters. The van der Waals surface area contributed by atoms with Gasteiger partial charge in [0.15, 0.2) is 0 Å². The second kappa shape index (κ2) is 5.01. The summed E-state index contributed by atoms with van der Waals surface area (Å²) >= 11 is 0. The SMILES string of the molecule is CCC[N+](C)=C(N(C)C)N(C)C. The van der Waals surface area contributed by atoms with Crippen LogP contribution in [0.25, 0.3) is 0 Å². The van der Waals surface area contributed by atoms with E-state index in [0.29, 0.717) is 0 Å². The molecule has 0 saturated carbocycles. The van der Waals surface area contributed by atoms with Crippen molar-refractivity contribution >= 4 is 5.96 Å². The van der Waals surface area contributed by atoms with Gasteiger partial charge in [-0.2, -0.15) is 0 Å². The standard InChI is InChI=1S/C9H22N3/c1-7-8-12(6)9(10(2)3)11(4)5/h7-8H2,1-6H3/q+1. The molecule has 0 aliphatic carbocycles. The molecule has 0 N–H and O–H groups in total. The molecule has 12 heavy (non-hydrogen) atoms. The van der Waals surface area contributed by atoms with Crippen molar-refractivity contribution in [1.82, 2.24) is 9.80 Å². The fourth-order valence-corrected chi connectivity index (χ4v) is 1.52. The molecule has 0 bridgehead atoms. The van der Waals surface area contributed by atoms with E-state index in [1.807, 2.05) is 0 Å². The summed E-state index contributed by atoms with van der Waals surface area (Å²) in [5.74, 6) is 1.25. The Kier molecular flexibility index (Phi) is 4.71. The molecule has 0 aliphatic rings. The molecule has 0 aliphatic heterocycles. The van der Waals surface area contributed by atoms with Crippen molar-refractivity contribution in [1.29, 1.82) is 0 Å². The number of nitrogens with zero attached hydrogens (tertiary/aromatic N) is 3. The quantitative estimate of drug-likeness (QED) is 0.341. The molecule has 0 heterocycles. The Balaban J connectivity index is 4.56. The summed E-state index contributed by atoms with van der Waals surface area (Å²) in [4.78, 5) is 4.27. The minimum Gasteiger partial charge on any atom is -0.270 e. The fourth-order valence-electron chi connectivity index (χ4n) is 1.52. The van der Waals surface area contributed by atoms with E-state index in [1.165, 1.54) is 12.4 Å². The van der Waals surface area contributed by atoms with Gasteiger partial charge in [-0.1, -0.05) is 6.92 Å². The Morgan fingerprint density at radius 2 is 1.50 bits per heavy atom. The van der Waals surface area contributed by atoms with Gasteiger partial charge in [0.05, 0.1) is 41.8 Å². The van der Waals surface area contributed by atoms with Crippen molar-refractivity contribution in [3.8, 4) is 0 Å². The lowest BCUT2D eigenvalue weighted by Crippen LogP contribution is -2.42. The molecular weight excluding hydrogens is 150 g/mol. The van der Waals surface area contributed by atoms with Crippen LogP contribution in [-0.4, -0.2) is 62.1 Å². The van der Waals surface area contributed by atoms with Crippen molar-refractivity contribution in [3.63, 3.8) is 0 Å². The van der Waals surface area contributed by atoms with Crippen LogP contribution in [-0.2, 0) is 0 Å². The predicted octanol–water partition coefficient (Wildman–Crippen LogP) is 0.518. The third-order valence-electron chi connectivity index (χ3n) is 1.70. The molecule has 0 radical (unpaired) electrons. The molecule has 0 aromatic rings. The average molecular weight is 172 g/mol. The van der Waals surface area contributed by atoms with Crippen LogP contribution in [0, 0.1) is 0 Å². The van der Waals surface area contributed by atoms with Gasteiger partial charge in [-0.05, 0) is 6.42 Å². The van der Waals surface area contributed by atoms with Gasteiger partial charge in [-0.25, -0.2) is 0 Å². The van der Waals surface area contributed by atoms with E-state index in [4.69, 9.17) is 0 Å². The van der Waals surface area contributed by atoms with Crippen molar-refractivity contribution in [2.75, 3.05) is 41.8 Å². The first-order valence-corrected chi connectivity index (χ1v) is 4.43. The molecule has 3 heteroatoms. The predicted molar refractivity (Wildman–Crippen MR) is 53.7 cm³/mol. The molecule has 0 spiro atoms. The third kappa shape index (κ3) is 3.11. The maximum atomic E-state index is 2.26. The molecule has 0 amide bonds. The number of guanidine groups is 1.